The summed E-state index contributed by atoms with van der Waals surface area (Å²) >= 11 is 1.53. The predicted octanol–water partition coefficient (Wildman–Crippen LogP) is 3.14. The Balaban J connectivity index is 1.89. The molecule has 3 aromatic heterocycles. The van der Waals surface area contributed by atoms with Crippen LogP contribution in [0.15, 0.2) is 49.2 Å². The first-order valence-corrected chi connectivity index (χ1v) is 6.89. The fourth-order valence-corrected chi connectivity index (χ4v) is 2.96. The van der Waals surface area contributed by atoms with E-state index >= 15 is 0 Å². The highest BCUT2D eigenvalue weighted by molar-refractivity contribution is 7.21. The van der Waals surface area contributed by atoms with E-state index in [1.165, 1.54) is 17.7 Å². The average Bonchev–Trinajstić information content (AvgIpc) is 3.14. The van der Waals surface area contributed by atoms with Crippen LogP contribution in [0.5, 0.6) is 0 Å². The zero-order valence-electron chi connectivity index (χ0n) is 10.3. The highest BCUT2D eigenvalue weighted by atomic mass is 32.1. The van der Waals surface area contributed by atoms with Gasteiger partial charge in [0.15, 0.2) is 0 Å². The average molecular weight is 279 g/mol. The van der Waals surface area contributed by atoms with Crippen LogP contribution in [0.1, 0.15) is 0 Å². The number of nitrogens with one attached hydrogen (secondary N) is 1. The minimum absolute atomic E-state index is 0.807. The van der Waals surface area contributed by atoms with E-state index in [0.29, 0.717) is 0 Å². The third-order valence-electron chi connectivity index (χ3n) is 2.97. The number of hydrogen-bond acceptors (Lipinski definition) is 5. The number of fused-ring (bicyclic) bond motifs is 1. The molecule has 0 aliphatic heterocycles. The molecule has 0 radical (unpaired) electrons. The maximum Gasteiger partial charge on any atom is 0.147 e. The van der Waals surface area contributed by atoms with E-state index in [2.05, 4.69) is 24.9 Å². The molecule has 0 saturated heterocycles. The standard InChI is InChI=1S/C14H9N5S/c1-2-4-9(5-3-1)11-12(17-8-16-11)14-19-10-6-15-7-18-13(10)20-14/h1-8H,(H,16,17). The third kappa shape index (κ3) is 1.78. The zero-order chi connectivity index (χ0) is 13.4. The van der Waals surface area contributed by atoms with Crippen LogP contribution in [-0.2, 0) is 0 Å². The lowest BCUT2D eigenvalue weighted by atomic mass is 10.1. The summed E-state index contributed by atoms with van der Waals surface area (Å²) in [6.45, 7) is 0. The van der Waals surface area contributed by atoms with E-state index in [-0.39, 0.29) is 0 Å². The van der Waals surface area contributed by atoms with Gasteiger partial charge in [-0.2, -0.15) is 0 Å². The number of hydrogen-bond donors (Lipinski definition) is 1. The molecule has 96 valence electrons. The van der Waals surface area contributed by atoms with E-state index in [4.69, 9.17) is 0 Å². The van der Waals surface area contributed by atoms with Crippen molar-refractivity contribution in [1.29, 1.82) is 0 Å². The molecule has 6 heteroatoms. The van der Waals surface area contributed by atoms with Crippen LogP contribution in [0.25, 0.3) is 32.3 Å². The van der Waals surface area contributed by atoms with Crippen molar-refractivity contribution < 1.29 is 0 Å². The molecule has 0 aliphatic carbocycles. The fraction of sp³-hybridized carbons (Fsp3) is 0. The maximum absolute atomic E-state index is 4.56. The molecular formula is C14H9N5S. The van der Waals surface area contributed by atoms with Crippen LogP contribution < -0.4 is 0 Å². The van der Waals surface area contributed by atoms with Crippen molar-refractivity contribution in [3.8, 4) is 22.0 Å². The highest BCUT2D eigenvalue weighted by Crippen LogP contribution is 2.33. The van der Waals surface area contributed by atoms with Gasteiger partial charge < -0.3 is 4.98 Å². The summed E-state index contributed by atoms with van der Waals surface area (Å²) in [5, 5.41) is 0.872. The van der Waals surface area contributed by atoms with Gasteiger partial charge in [0.1, 0.15) is 27.4 Å². The molecule has 0 fully saturated rings. The van der Waals surface area contributed by atoms with Crippen LogP contribution in [0.2, 0.25) is 0 Å². The quantitative estimate of drug-likeness (QED) is 0.612. The molecule has 0 aliphatic rings. The predicted molar refractivity (Wildman–Crippen MR) is 78.2 cm³/mol. The summed E-state index contributed by atoms with van der Waals surface area (Å²) in [5.41, 5.74) is 3.69. The van der Waals surface area contributed by atoms with E-state index < -0.39 is 0 Å². The summed E-state index contributed by atoms with van der Waals surface area (Å²) in [4.78, 5) is 21.2. The number of aromatic nitrogens is 5. The number of rotatable bonds is 2. The molecule has 0 amide bonds. The van der Waals surface area contributed by atoms with Gasteiger partial charge in [0.05, 0.1) is 18.2 Å². The summed E-state index contributed by atoms with van der Waals surface area (Å²) in [7, 11) is 0. The second-order valence-electron chi connectivity index (χ2n) is 4.22. The summed E-state index contributed by atoms with van der Waals surface area (Å²) in [5.74, 6) is 0. The van der Waals surface area contributed by atoms with Crippen molar-refractivity contribution in [2.24, 2.45) is 0 Å². The van der Waals surface area contributed by atoms with E-state index in [9.17, 15) is 0 Å². The lowest BCUT2D eigenvalue weighted by molar-refractivity contribution is 1.22. The van der Waals surface area contributed by atoms with Crippen molar-refractivity contribution in [3.05, 3.63) is 49.2 Å². The monoisotopic (exact) mass is 279 g/mol. The molecule has 0 spiro atoms. The Kier molecular flexibility index (Phi) is 2.53. The summed E-state index contributed by atoms with van der Waals surface area (Å²) in [6.07, 6.45) is 4.95. The maximum atomic E-state index is 4.56. The van der Waals surface area contributed by atoms with E-state index in [0.717, 1.165) is 32.3 Å². The number of aromatic amines is 1. The zero-order valence-corrected chi connectivity index (χ0v) is 11.1. The van der Waals surface area contributed by atoms with Gasteiger partial charge in [0.2, 0.25) is 0 Å². The van der Waals surface area contributed by atoms with Crippen molar-refractivity contribution in [2.45, 2.75) is 0 Å². The Morgan fingerprint density at radius 3 is 2.80 bits per heavy atom. The molecule has 1 aromatic carbocycles. The molecule has 0 atom stereocenters. The molecule has 20 heavy (non-hydrogen) atoms. The number of thiazole rings is 1. The van der Waals surface area contributed by atoms with Crippen molar-refractivity contribution in [3.63, 3.8) is 0 Å². The lowest BCUT2D eigenvalue weighted by Crippen LogP contribution is -1.82. The van der Waals surface area contributed by atoms with Crippen LogP contribution in [0.3, 0.4) is 0 Å². The first kappa shape index (κ1) is 11.2. The van der Waals surface area contributed by atoms with Gasteiger partial charge in [-0.1, -0.05) is 41.7 Å². The lowest BCUT2D eigenvalue weighted by Gasteiger charge is -1.99. The van der Waals surface area contributed by atoms with Crippen molar-refractivity contribution in [2.75, 3.05) is 0 Å². The number of nitrogens with zero attached hydrogens (tertiary/aromatic N) is 4. The molecule has 0 saturated carbocycles. The first-order valence-electron chi connectivity index (χ1n) is 6.07. The molecule has 3 heterocycles. The van der Waals surface area contributed by atoms with E-state index in [1.807, 2.05) is 30.3 Å². The van der Waals surface area contributed by atoms with Gasteiger partial charge >= 0.3 is 0 Å². The van der Waals surface area contributed by atoms with Crippen LogP contribution in [0.4, 0.5) is 0 Å². The Morgan fingerprint density at radius 2 is 1.95 bits per heavy atom. The van der Waals surface area contributed by atoms with Gasteiger partial charge in [-0.05, 0) is 0 Å². The Morgan fingerprint density at radius 1 is 1.05 bits per heavy atom. The normalized spacial score (nSPS) is 11.0. The molecule has 0 unspecified atom stereocenters. The summed E-state index contributed by atoms with van der Waals surface area (Å²) in [6, 6.07) is 10.1. The van der Waals surface area contributed by atoms with Crippen LogP contribution in [-0.4, -0.2) is 24.9 Å². The van der Waals surface area contributed by atoms with Gasteiger partial charge in [-0.3, -0.25) is 0 Å². The van der Waals surface area contributed by atoms with Gasteiger partial charge in [-0.15, -0.1) is 0 Å². The number of imidazole rings is 1. The molecule has 4 rings (SSSR count). The molecule has 5 nitrogen and oxygen atoms in total. The number of H-pyrrole nitrogens is 1. The second kappa shape index (κ2) is 4.50. The first-order chi connectivity index (χ1) is 9.92. The topological polar surface area (TPSA) is 67.3 Å². The molecule has 0 bridgehead atoms. The molecule has 1 N–H and O–H groups in total. The van der Waals surface area contributed by atoms with Gasteiger partial charge in [0, 0.05) is 5.56 Å². The Labute approximate surface area is 118 Å². The second-order valence-corrected chi connectivity index (χ2v) is 5.20. The Bertz CT molecular complexity index is 832. The van der Waals surface area contributed by atoms with Crippen molar-refractivity contribution >= 4 is 21.7 Å². The third-order valence-corrected chi connectivity index (χ3v) is 3.97. The largest absolute Gasteiger partial charge is 0.342 e. The fourth-order valence-electron chi connectivity index (χ4n) is 2.07. The van der Waals surface area contributed by atoms with E-state index in [1.54, 1.807) is 12.5 Å². The van der Waals surface area contributed by atoms with Gasteiger partial charge in [-0.25, -0.2) is 19.9 Å². The molecule has 4 aromatic rings. The minimum atomic E-state index is 0.807. The summed E-state index contributed by atoms with van der Waals surface area (Å²) < 4.78 is 0. The SMILES string of the molecule is c1ccc(-c2nc[nH]c2-c2nc3cncnc3s2)cc1. The van der Waals surface area contributed by atoms with Crippen molar-refractivity contribution in [1.82, 2.24) is 24.9 Å². The highest BCUT2D eigenvalue weighted by Gasteiger charge is 2.14. The van der Waals surface area contributed by atoms with Gasteiger partial charge in [0.25, 0.3) is 0 Å². The number of benzene rings is 1. The minimum Gasteiger partial charge on any atom is -0.342 e. The molecular weight excluding hydrogens is 270 g/mol. The van der Waals surface area contributed by atoms with Crippen LogP contribution in [0, 0.1) is 0 Å². The van der Waals surface area contributed by atoms with Crippen LogP contribution >= 0.6 is 11.3 Å². The Hall–Kier alpha value is -2.60. The smallest absolute Gasteiger partial charge is 0.147 e.